The third-order valence-electron chi connectivity index (χ3n) is 8.73. The summed E-state index contributed by atoms with van der Waals surface area (Å²) in [7, 11) is 6.20. The Kier molecular flexibility index (Phi) is 6.67. The summed E-state index contributed by atoms with van der Waals surface area (Å²) in [6.07, 6.45) is 9.70. The zero-order valence-electron chi connectivity index (χ0n) is 22.0. The van der Waals surface area contributed by atoms with Crippen LogP contribution in [0.2, 0.25) is 5.04 Å². The highest BCUT2D eigenvalue weighted by molar-refractivity contribution is 6.29. The van der Waals surface area contributed by atoms with Gasteiger partial charge in [-0.25, -0.2) is 9.97 Å². The van der Waals surface area contributed by atoms with Gasteiger partial charge in [0.1, 0.15) is 0 Å². The fraction of sp³-hybridized carbons (Fsp3) is 0.552. The molecule has 6 rings (SSSR count). The molecular formula is C29H37N6OSi. The van der Waals surface area contributed by atoms with Gasteiger partial charge >= 0.3 is 0 Å². The van der Waals surface area contributed by atoms with Gasteiger partial charge in [-0.3, -0.25) is 4.79 Å². The zero-order chi connectivity index (χ0) is 25.6. The van der Waals surface area contributed by atoms with E-state index in [0.29, 0.717) is 18.5 Å². The average molecular weight is 514 g/mol. The highest BCUT2D eigenvalue weighted by Crippen LogP contribution is 2.49. The molecule has 1 saturated carbocycles. The molecular weight excluding hydrogens is 476 g/mol. The van der Waals surface area contributed by atoms with Gasteiger partial charge in [-0.05, 0) is 64.3 Å². The van der Waals surface area contributed by atoms with Gasteiger partial charge in [0.25, 0.3) is 0 Å². The number of hydrogen-bond acceptors (Lipinski definition) is 6. The summed E-state index contributed by atoms with van der Waals surface area (Å²) < 4.78 is 0. The molecule has 1 N–H and O–H groups in total. The number of carbonyl (C=O) groups is 1. The minimum absolute atomic E-state index is 0.0648. The van der Waals surface area contributed by atoms with Gasteiger partial charge in [0.2, 0.25) is 11.9 Å². The van der Waals surface area contributed by atoms with Crippen LogP contribution in [0, 0.1) is 0 Å². The standard InChI is InChI=1S/C29H37N6OSi/c1-20-16-22-17-30-28(31-23-10-13-34(14-11-23)24-8-9-24)32-26(22)19-35(20)27(36)29(37)12-15-33(2)18-25(29)21-6-4-3-5-7-21/h3-7,16-17,23-25H,8-15,18-19H2,1-2H3,(H,30,31,32)/t25-,29+/m1/s1. The van der Waals surface area contributed by atoms with Crippen LogP contribution in [0.15, 0.2) is 42.2 Å². The third kappa shape index (κ3) is 4.99. The predicted octanol–water partition coefficient (Wildman–Crippen LogP) is 3.66. The van der Waals surface area contributed by atoms with E-state index in [1.807, 2.05) is 24.1 Å². The number of rotatable bonds is 5. The molecule has 3 fully saturated rings. The van der Waals surface area contributed by atoms with Gasteiger partial charge in [-0.15, -0.1) is 0 Å². The molecule has 4 heterocycles. The van der Waals surface area contributed by atoms with Crippen LogP contribution in [-0.2, 0) is 11.3 Å². The second-order valence-corrected chi connectivity index (χ2v) is 12.3. The molecule has 2 aromatic rings. The number of allylic oxidation sites excluding steroid dienone is 1. The molecule has 3 aliphatic heterocycles. The van der Waals surface area contributed by atoms with E-state index in [1.54, 1.807) is 0 Å². The first-order chi connectivity index (χ1) is 17.9. The number of anilines is 1. The van der Waals surface area contributed by atoms with Crippen LogP contribution < -0.4 is 5.32 Å². The zero-order valence-corrected chi connectivity index (χ0v) is 23.0. The molecule has 0 spiro atoms. The van der Waals surface area contributed by atoms with E-state index >= 15 is 0 Å². The number of nitrogens with one attached hydrogen (secondary N) is 1. The van der Waals surface area contributed by atoms with Crippen molar-refractivity contribution in [2.24, 2.45) is 0 Å². The van der Waals surface area contributed by atoms with Gasteiger partial charge in [0.15, 0.2) is 0 Å². The largest absolute Gasteiger partial charge is 0.351 e. The van der Waals surface area contributed by atoms with Gasteiger partial charge < -0.3 is 20.0 Å². The van der Waals surface area contributed by atoms with Crippen LogP contribution in [0.5, 0.6) is 0 Å². The highest BCUT2D eigenvalue weighted by Gasteiger charge is 2.47. The average Bonchev–Trinajstić information content (AvgIpc) is 3.76. The maximum Gasteiger partial charge on any atom is 0.230 e. The Morgan fingerprint density at radius 1 is 1.11 bits per heavy atom. The Morgan fingerprint density at radius 2 is 1.86 bits per heavy atom. The summed E-state index contributed by atoms with van der Waals surface area (Å²) in [5.74, 6) is 0.861. The predicted molar refractivity (Wildman–Crippen MR) is 147 cm³/mol. The number of aromatic nitrogens is 2. The lowest BCUT2D eigenvalue weighted by Gasteiger charge is -2.46. The second kappa shape index (κ2) is 9.96. The minimum atomic E-state index is -0.663. The summed E-state index contributed by atoms with van der Waals surface area (Å²) in [4.78, 5) is 30.6. The van der Waals surface area contributed by atoms with E-state index in [-0.39, 0.29) is 11.8 Å². The normalized spacial score (nSPS) is 27.5. The van der Waals surface area contributed by atoms with Crippen molar-refractivity contribution in [2.45, 2.75) is 68.6 Å². The fourth-order valence-corrected chi connectivity index (χ4v) is 6.76. The van der Waals surface area contributed by atoms with Crippen LogP contribution in [-0.4, -0.2) is 86.1 Å². The number of hydrogen-bond donors (Lipinski definition) is 1. The molecule has 7 nitrogen and oxygen atoms in total. The summed E-state index contributed by atoms with van der Waals surface area (Å²) >= 11 is 0. The van der Waals surface area contributed by atoms with E-state index in [0.717, 1.165) is 68.4 Å². The molecule has 8 heteroatoms. The van der Waals surface area contributed by atoms with E-state index in [4.69, 9.17) is 4.98 Å². The lowest BCUT2D eigenvalue weighted by atomic mass is 9.78. The summed E-state index contributed by atoms with van der Waals surface area (Å²) in [5, 5.41) is 2.92. The Morgan fingerprint density at radius 3 is 2.59 bits per heavy atom. The molecule has 1 aliphatic carbocycles. The van der Waals surface area contributed by atoms with Crippen LogP contribution in [0.25, 0.3) is 6.08 Å². The van der Waals surface area contributed by atoms with Crippen molar-refractivity contribution in [1.29, 1.82) is 0 Å². The molecule has 4 aliphatic rings. The van der Waals surface area contributed by atoms with Crippen LogP contribution in [0.4, 0.5) is 5.95 Å². The Balaban J connectivity index is 1.19. The molecule has 1 aromatic heterocycles. The Hall–Kier alpha value is -2.55. The van der Waals surface area contributed by atoms with Crippen molar-refractivity contribution in [3.63, 3.8) is 0 Å². The molecule has 0 unspecified atom stereocenters. The molecule has 1 aromatic carbocycles. The van der Waals surface area contributed by atoms with Crippen molar-refractivity contribution in [2.75, 3.05) is 38.5 Å². The number of piperidine rings is 2. The smallest absolute Gasteiger partial charge is 0.230 e. The number of likely N-dealkylation sites (tertiary alicyclic amines) is 2. The van der Waals surface area contributed by atoms with Gasteiger partial charge in [-0.2, -0.15) is 0 Å². The molecule has 1 amide bonds. The van der Waals surface area contributed by atoms with Crippen LogP contribution in [0.3, 0.4) is 0 Å². The lowest BCUT2D eigenvalue weighted by Crippen LogP contribution is -2.50. The highest BCUT2D eigenvalue weighted by atomic mass is 28.1. The topological polar surface area (TPSA) is 64.6 Å². The maximum absolute atomic E-state index is 14.2. The Labute approximate surface area is 223 Å². The molecule has 3 radical (unpaired) electrons. The first-order valence-corrected chi connectivity index (χ1v) is 14.3. The van der Waals surface area contributed by atoms with Crippen molar-refractivity contribution in [3.8, 4) is 0 Å². The maximum atomic E-state index is 14.2. The summed E-state index contributed by atoms with van der Waals surface area (Å²) in [5.41, 5.74) is 4.04. The van der Waals surface area contributed by atoms with Crippen molar-refractivity contribution >= 4 is 28.2 Å². The number of carbonyl (C=O) groups excluding carboxylic acids is 1. The number of nitrogens with zero attached hydrogens (tertiary/aromatic N) is 5. The molecule has 0 bridgehead atoms. The third-order valence-corrected chi connectivity index (χ3v) is 9.54. The monoisotopic (exact) mass is 513 g/mol. The number of amides is 1. The van der Waals surface area contributed by atoms with E-state index in [1.165, 1.54) is 18.4 Å². The number of fused-ring (bicyclic) bond motifs is 1. The van der Waals surface area contributed by atoms with Crippen molar-refractivity contribution in [1.82, 2.24) is 24.7 Å². The van der Waals surface area contributed by atoms with Gasteiger partial charge in [-0.1, -0.05) is 30.3 Å². The van der Waals surface area contributed by atoms with E-state index in [9.17, 15) is 4.79 Å². The lowest BCUT2D eigenvalue weighted by molar-refractivity contribution is -0.135. The van der Waals surface area contributed by atoms with E-state index < -0.39 is 5.04 Å². The number of likely N-dealkylation sites (N-methyl/N-ethyl adjacent to an activating group) is 1. The molecule has 37 heavy (non-hydrogen) atoms. The summed E-state index contributed by atoms with van der Waals surface area (Å²) in [6.45, 7) is 6.51. The second-order valence-electron chi connectivity index (χ2n) is 11.4. The Bertz CT molecular complexity index is 1180. The molecule has 2 atom stereocenters. The summed E-state index contributed by atoms with van der Waals surface area (Å²) in [6, 6.07) is 11.7. The molecule has 2 saturated heterocycles. The van der Waals surface area contributed by atoms with Crippen molar-refractivity contribution in [3.05, 3.63) is 59.0 Å². The quantitative estimate of drug-likeness (QED) is 0.616. The first kappa shape index (κ1) is 24.8. The molecule has 193 valence electrons. The van der Waals surface area contributed by atoms with Gasteiger partial charge in [0, 0.05) is 70.4 Å². The first-order valence-electron chi connectivity index (χ1n) is 13.8. The minimum Gasteiger partial charge on any atom is -0.351 e. The van der Waals surface area contributed by atoms with E-state index in [2.05, 4.69) is 67.7 Å². The van der Waals surface area contributed by atoms with Gasteiger partial charge in [0.05, 0.1) is 12.2 Å². The SMILES string of the molecule is CC1=Cc2cnc(NC3CCN(C4CC4)CC3)nc2CN1C(=O)[C@]1([Si])CCN(C)C[C@@H]1c1ccccc1. The number of benzene rings is 1. The van der Waals surface area contributed by atoms with Crippen molar-refractivity contribution < 1.29 is 4.79 Å². The fourth-order valence-electron chi connectivity index (χ4n) is 6.26. The van der Waals surface area contributed by atoms with Crippen LogP contribution >= 0.6 is 0 Å². The van der Waals surface area contributed by atoms with Crippen LogP contribution in [0.1, 0.15) is 61.8 Å².